The minimum absolute atomic E-state index is 0.206. The lowest BCUT2D eigenvalue weighted by atomic mass is 10.1. The number of fused-ring (bicyclic) bond motifs is 1. The molecule has 112 valence electrons. The smallest absolute Gasteiger partial charge is 0.161 e. The van der Waals surface area contributed by atoms with E-state index < -0.39 is 0 Å². The molecule has 2 nitrogen and oxygen atoms in total. The average Bonchev–Trinajstić information content (AvgIpc) is 2.91. The Labute approximate surface area is 138 Å². The maximum atomic E-state index is 5.87. The molecule has 1 aromatic heterocycles. The van der Waals surface area contributed by atoms with Gasteiger partial charge in [-0.3, -0.25) is 0 Å². The van der Waals surface area contributed by atoms with Crippen molar-refractivity contribution >= 4 is 27.3 Å². The number of thiophene rings is 1. The first-order chi connectivity index (χ1) is 10.2. The van der Waals surface area contributed by atoms with Crippen LogP contribution in [0.15, 0.2) is 30.3 Å². The third-order valence-electron chi connectivity index (χ3n) is 3.59. The van der Waals surface area contributed by atoms with Crippen LogP contribution in [-0.4, -0.2) is 13.2 Å². The molecule has 0 spiro atoms. The monoisotopic (exact) mass is 366 g/mol. The summed E-state index contributed by atoms with van der Waals surface area (Å²) >= 11 is 5.67. The van der Waals surface area contributed by atoms with Crippen LogP contribution in [0.3, 0.4) is 0 Å². The summed E-state index contributed by atoms with van der Waals surface area (Å²) in [6.07, 6.45) is 1.09. The summed E-state index contributed by atoms with van der Waals surface area (Å²) < 4.78 is 11.7. The molecule has 2 atom stereocenters. The van der Waals surface area contributed by atoms with E-state index in [4.69, 9.17) is 9.47 Å². The van der Waals surface area contributed by atoms with Crippen LogP contribution in [0.1, 0.15) is 34.0 Å². The molecule has 1 aliphatic rings. The highest BCUT2D eigenvalue weighted by Gasteiger charge is 2.19. The molecule has 0 amide bonds. The number of hydrogen-bond acceptors (Lipinski definition) is 3. The molecule has 4 heteroatoms. The van der Waals surface area contributed by atoms with Gasteiger partial charge in [0.25, 0.3) is 0 Å². The molecule has 1 aliphatic heterocycles. The van der Waals surface area contributed by atoms with Crippen LogP contribution >= 0.6 is 27.3 Å². The minimum Gasteiger partial charge on any atom is -0.489 e. The first-order valence-electron chi connectivity index (χ1n) is 7.29. The SMILES string of the molecule is CCc1ccc(C(Br)c2ccc3c(c2)OCC(C)CO3)s1. The van der Waals surface area contributed by atoms with E-state index in [-0.39, 0.29) is 4.83 Å². The molecule has 0 N–H and O–H groups in total. The number of alkyl halides is 1. The van der Waals surface area contributed by atoms with Gasteiger partial charge in [-0.15, -0.1) is 11.3 Å². The van der Waals surface area contributed by atoms with Crippen molar-refractivity contribution in [1.82, 2.24) is 0 Å². The zero-order valence-corrected chi connectivity index (χ0v) is 14.7. The lowest BCUT2D eigenvalue weighted by molar-refractivity contribution is 0.228. The first kappa shape index (κ1) is 14.9. The molecule has 1 aromatic carbocycles. The lowest BCUT2D eigenvalue weighted by Crippen LogP contribution is -2.12. The molecule has 2 aromatic rings. The fourth-order valence-corrected chi connectivity index (χ4v) is 3.99. The number of benzene rings is 1. The molecule has 0 saturated carbocycles. The van der Waals surface area contributed by atoms with Crippen molar-refractivity contribution in [3.05, 3.63) is 45.6 Å². The van der Waals surface area contributed by atoms with Crippen LogP contribution in [0.25, 0.3) is 0 Å². The van der Waals surface area contributed by atoms with Crippen molar-refractivity contribution < 1.29 is 9.47 Å². The second kappa shape index (κ2) is 6.41. The molecule has 0 bridgehead atoms. The molecule has 0 fully saturated rings. The van der Waals surface area contributed by atoms with E-state index in [0.717, 1.165) is 24.5 Å². The molecule has 0 radical (unpaired) electrons. The van der Waals surface area contributed by atoms with Gasteiger partial charge >= 0.3 is 0 Å². The van der Waals surface area contributed by atoms with Crippen LogP contribution in [0.2, 0.25) is 0 Å². The molecule has 0 saturated heterocycles. The van der Waals surface area contributed by atoms with Crippen molar-refractivity contribution in [2.45, 2.75) is 25.1 Å². The van der Waals surface area contributed by atoms with Gasteiger partial charge in [-0.2, -0.15) is 0 Å². The van der Waals surface area contributed by atoms with Crippen molar-refractivity contribution in [2.24, 2.45) is 5.92 Å². The van der Waals surface area contributed by atoms with Crippen LogP contribution in [-0.2, 0) is 6.42 Å². The molecule has 2 unspecified atom stereocenters. The van der Waals surface area contributed by atoms with Gasteiger partial charge in [-0.25, -0.2) is 0 Å². The second-order valence-corrected chi connectivity index (χ2v) is 7.57. The maximum absolute atomic E-state index is 5.87. The summed E-state index contributed by atoms with van der Waals surface area (Å²) in [7, 11) is 0. The van der Waals surface area contributed by atoms with Crippen molar-refractivity contribution in [1.29, 1.82) is 0 Å². The minimum atomic E-state index is 0.206. The quantitative estimate of drug-likeness (QED) is 0.694. The summed E-state index contributed by atoms with van der Waals surface area (Å²) in [4.78, 5) is 2.95. The normalized spacial score (nSPS) is 19.1. The zero-order valence-electron chi connectivity index (χ0n) is 12.3. The third kappa shape index (κ3) is 3.27. The zero-order chi connectivity index (χ0) is 14.8. The van der Waals surface area contributed by atoms with Gasteiger partial charge in [0.15, 0.2) is 11.5 Å². The number of halogens is 1. The Hall–Kier alpha value is -1.00. The van der Waals surface area contributed by atoms with Crippen molar-refractivity contribution in [3.63, 3.8) is 0 Å². The first-order valence-corrected chi connectivity index (χ1v) is 9.02. The summed E-state index contributed by atoms with van der Waals surface area (Å²) in [5.74, 6) is 2.13. The van der Waals surface area contributed by atoms with E-state index in [1.54, 1.807) is 0 Å². The van der Waals surface area contributed by atoms with E-state index in [0.29, 0.717) is 12.5 Å². The second-order valence-electron chi connectivity index (χ2n) is 5.45. The number of aryl methyl sites for hydroxylation is 1. The van der Waals surface area contributed by atoms with Gasteiger partial charge in [0.1, 0.15) is 0 Å². The van der Waals surface area contributed by atoms with Gasteiger partial charge in [0.2, 0.25) is 0 Å². The number of rotatable bonds is 3. The Morgan fingerprint density at radius 1 is 1.19 bits per heavy atom. The highest BCUT2D eigenvalue weighted by molar-refractivity contribution is 9.09. The maximum Gasteiger partial charge on any atom is 0.161 e. The lowest BCUT2D eigenvalue weighted by Gasteiger charge is -2.12. The fraction of sp³-hybridized carbons (Fsp3) is 0.412. The number of ether oxygens (including phenoxy) is 2. The molecule has 0 aliphatic carbocycles. The fourth-order valence-electron chi connectivity index (χ4n) is 2.31. The van der Waals surface area contributed by atoms with Crippen LogP contribution in [0, 0.1) is 5.92 Å². The van der Waals surface area contributed by atoms with E-state index in [1.165, 1.54) is 15.3 Å². The van der Waals surface area contributed by atoms with Gasteiger partial charge in [-0.05, 0) is 36.2 Å². The van der Waals surface area contributed by atoms with Gasteiger partial charge in [-0.1, -0.05) is 35.8 Å². The Balaban J connectivity index is 1.86. The van der Waals surface area contributed by atoms with Gasteiger partial charge in [0, 0.05) is 15.7 Å². The average molecular weight is 367 g/mol. The third-order valence-corrected chi connectivity index (χ3v) is 6.21. The van der Waals surface area contributed by atoms with E-state index in [9.17, 15) is 0 Å². The summed E-state index contributed by atoms with van der Waals surface area (Å²) in [5.41, 5.74) is 1.21. The standard InChI is InChI=1S/C17H19BrO2S/c1-3-13-5-7-16(21-13)17(18)12-4-6-14-15(8-12)20-10-11(2)9-19-14/h4-8,11,17H,3,9-10H2,1-2H3. The topological polar surface area (TPSA) is 18.5 Å². The Morgan fingerprint density at radius 2 is 1.95 bits per heavy atom. The molecule has 21 heavy (non-hydrogen) atoms. The van der Waals surface area contributed by atoms with Crippen LogP contribution in [0.5, 0.6) is 11.5 Å². The largest absolute Gasteiger partial charge is 0.489 e. The molecular formula is C17H19BrO2S. The summed E-state index contributed by atoms with van der Waals surface area (Å²) in [6.45, 7) is 5.75. The highest BCUT2D eigenvalue weighted by atomic mass is 79.9. The van der Waals surface area contributed by atoms with E-state index in [1.807, 2.05) is 17.4 Å². The van der Waals surface area contributed by atoms with Crippen molar-refractivity contribution in [3.8, 4) is 11.5 Å². The predicted octanol–water partition coefficient (Wildman–Crippen LogP) is 5.20. The van der Waals surface area contributed by atoms with E-state index >= 15 is 0 Å². The van der Waals surface area contributed by atoms with Gasteiger partial charge < -0.3 is 9.47 Å². The Kier molecular flexibility index (Phi) is 4.55. The van der Waals surface area contributed by atoms with Crippen molar-refractivity contribution in [2.75, 3.05) is 13.2 Å². The van der Waals surface area contributed by atoms with Crippen LogP contribution < -0.4 is 9.47 Å². The van der Waals surface area contributed by atoms with E-state index in [2.05, 4.69) is 54.0 Å². The summed E-state index contributed by atoms with van der Waals surface area (Å²) in [5, 5.41) is 0. The Bertz CT molecular complexity index is 623. The molecule has 2 heterocycles. The van der Waals surface area contributed by atoms with Gasteiger partial charge in [0.05, 0.1) is 18.0 Å². The summed E-state index contributed by atoms with van der Waals surface area (Å²) in [6, 6.07) is 10.6. The molecule has 3 rings (SSSR count). The Morgan fingerprint density at radius 3 is 2.67 bits per heavy atom. The van der Waals surface area contributed by atoms with Crippen LogP contribution in [0.4, 0.5) is 0 Å². The number of hydrogen-bond donors (Lipinski definition) is 0. The highest BCUT2D eigenvalue weighted by Crippen LogP contribution is 2.40. The predicted molar refractivity (Wildman–Crippen MR) is 91.1 cm³/mol. The molecular weight excluding hydrogens is 348 g/mol.